The monoisotopic (exact) mass is 263 g/mol. The fourth-order valence-corrected chi connectivity index (χ4v) is 1.66. The van der Waals surface area contributed by atoms with Gasteiger partial charge in [-0.1, -0.05) is 27.7 Å². The molecule has 106 valence electrons. The van der Waals surface area contributed by atoms with Crippen LogP contribution in [0.5, 0.6) is 0 Å². The molecule has 1 aromatic rings. The van der Waals surface area contributed by atoms with Crippen LogP contribution >= 0.6 is 0 Å². The molecule has 0 fully saturated rings. The molecule has 0 aromatic carbocycles. The van der Waals surface area contributed by atoms with Crippen molar-refractivity contribution in [3.63, 3.8) is 0 Å². The quantitative estimate of drug-likeness (QED) is 0.858. The van der Waals surface area contributed by atoms with Crippen LogP contribution in [0.2, 0.25) is 0 Å². The summed E-state index contributed by atoms with van der Waals surface area (Å²) in [5, 5.41) is 6.08. The van der Waals surface area contributed by atoms with Crippen molar-refractivity contribution in [3.8, 4) is 0 Å². The van der Waals surface area contributed by atoms with Gasteiger partial charge in [0.05, 0.1) is 0 Å². The molecule has 0 saturated carbocycles. The number of hydrogen-bond acceptors (Lipinski definition) is 3. The molecule has 19 heavy (non-hydrogen) atoms. The highest BCUT2D eigenvalue weighted by atomic mass is 16.1. The predicted molar refractivity (Wildman–Crippen MR) is 79.7 cm³/mol. The second-order valence-electron chi connectivity index (χ2n) is 5.66. The first kappa shape index (κ1) is 15.5. The molecule has 0 unspecified atom stereocenters. The minimum Gasteiger partial charge on any atom is -0.370 e. The zero-order valence-electron chi connectivity index (χ0n) is 12.6. The fourth-order valence-electron chi connectivity index (χ4n) is 1.66. The SMILES string of the molecule is CCCNC(=O)c1cc(NCC)nc(C(C)(C)C)c1. The van der Waals surface area contributed by atoms with Gasteiger partial charge in [-0.05, 0) is 25.5 Å². The average molecular weight is 263 g/mol. The van der Waals surface area contributed by atoms with Crippen LogP contribution in [0.25, 0.3) is 0 Å². The number of pyridine rings is 1. The van der Waals surface area contributed by atoms with Gasteiger partial charge in [-0.15, -0.1) is 0 Å². The number of aromatic nitrogens is 1. The average Bonchev–Trinajstić information content (AvgIpc) is 2.35. The second kappa shape index (κ2) is 6.55. The number of hydrogen-bond donors (Lipinski definition) is 2. The summed E-state index contributed by atoms with van der Waals surface area (Å²) >= 11 is 0. The van der Waals surface area contributed by atoms with Crippen LogP contribution in [0.15, 0.2) is 12.1 Å². The molecule has 4 heteroatoms. The Kier molecular flexibility index (Phi) is 5.33. The normalized spacial score (nSPS) is 11.2. The fraction of sp³-hybridized carbons (Fsp3) is 0.600. The molecule has 4 nitrogen and oxygen atoms in total. The number of amides is 1. The number of anilines is 1. The first-order valence-corrected chi connectivity index (χ1v) is 6.93. The molecule has 1 aromatic heterocycles. The molecule has 0 aliphatic rings. The van der Waals surface area contributed by atoms with Crippen molar-refractivity contribution < 1.29 is 4.79 Å². The van der Waals surface area contributed by atoms with Gasteiger partial charge in [0.15, 0.2) is 0 Å². The summed E-state index contributed by atoms with van der Waals surface area (Å²) in [5.74, 6) is 0.727. The summed E-state index contributed by atoms with van der Waals surface area (Å²) in [6, 6.07) is 3.69. The van der Waals surface area contributed by atoms with Crippen LogP contribution in [0.1, 0.15) is 57.1 Å². The first-order chi connectivity index (χ1) is 8.88. The van der Waals surface area contributed by atoms with Crippen molar-refractivity contribution in [3.05, 3.63) is 23.4 Å². The topological polar surface area (TPSA) is 54.0 Å². The van der Waals surface area contributed by atoms with Gasteiger partial charge in [0.25, 0.3) is 5.91 Å². The Balaban J connectivity index is 3.09. The number of carbonyl (C=O) groups excluding carboxylic acids is 1. The third kappa shape index (κ3) is 4.54. The maximum atomic E-state index is 12.1. The van der Waals surface area contributed by atoms with Crippen molar-refractivity contribution in [2.75, 3.05) is 18.4 Å². The lowest BCUT2D eigenvalue weighted by Gasteiger charge is -2.20. The maximum Gasteiger partial charge on any atom is 0.251 e. The zero-order valence-corrected chi connectivity index (χ0v) is 12.6. The van der Waals surface area contributed by atoms with E-state index in [1.165, 1.54) is 0 Å². The summed E-state index contributed by atoms with van der Waals surface area (Å²) in [7, 11) is 0. The molecule has 0 spiro atoms. The lowest BCUT2D eigenvalue weighted by molar-refractivity contribution is 0.0953. The maximum absolute atomic E-state index is 12.1. The molecule has 1 heterocycles. The molecular formula is C15H25N3O. The highest BCUT2D eigenvalue weighted by Gasteiger charge is 2.19. The van der Waals surface area contributed by atoms with Gasteiger partial charge in [0.2, 0.25) is 0 Å². The molecule has 2 N–H and O–H groups in total. The van der Waals surface area contributed by atoms with Crippen molar-refractivity contribution >= 4 is 11.7 Å². The highest BCUT2D eigenvalue weighted by Crippen LogP contribution is 2.23. The Bertz CT molecular complexity index is 436. The van der Waals surface area contributed by atoms with Gasteiger partial charge in [0, 0.05) is 29.8 Å². The third-order valence-electron chi connectivity index (χ3n) is 2.75. The molecular weight excluding hydrogens is 238 g/mol. The van der Waals surface area contributed by atoms with E-state index in [0.29, 0.717) is 12.1 Å². The summed E-state index contributed by atoms with van der Waals surface area (Å²) < 4.78 is 0. The van der Waals surface area contributed by atoms with Crippen LogP contribution in [-0.2, 0) is 5.41 Å². The van der Waals surface area contributed by atoms with Crippen LogP contribution in [-0.4, -0.2) is 24.0 Å². The van der Waals surface area contributed by atoms with E-state index < -0.39 is 0 Å². The van der Waals surface area contributed by atoms with Crippen LogP contribution in [0, 0.1) is 0 Å². The minimum atomic E-state index is -0.0782. The van der Waals surface area contributed by atoms with Crippen molar-refractivity contribution in [1.29, 1.82) is 0 Å². The van der Waals surface area contributed by atoms with Gasteiger partial charge in [-0.2, -0.15) is 0 Å². The molecule has 0 bridgehead atoms. The van der Waals surface area contributed by atoms with Gasteiger partial charge in [0.1, 0.15) is 5.82 Å². The minimum absolute atomic E-state index is 0.0334. The van der Waals surface area contributed by atoms with Gasteiger partial charge < -0.3 is 10.6 Å². The molecule has 1 rings (SSSR count). The van der Waals surface area contributed by atoms with E-state index in [1.54, 1.807) is 0 Å². The Morgan fingerprint density at radius 3 is 2.47 bits per heavy atom. The van der Waals surface area contributed by atoms with Gasteiger partial charge in [-0.3, -0.25) is 4.79 Å². The Morgan fingerprint density at radius 2 is 1.95 bits per heavy atom. The van der Waals surface area contributed by atoms with E-state index in [2.05, 4.69) is 36.4 Å². The van der Waals surface area contributed by atoms with Crippen LogP contribution < -0.4 is 10.6 Å². The molecule has 0 saturated heterocycles. The molecule has 0 aliphatic carbocycles. The number of rotatable bonds is 5. The first-order valence-electron chi connectivity index (χ1n) is 6.93. The van der Waals surface area contributed by atoms with Crippen LogP contribution in [0.4, 0.5) is 5.82 Å². The van der Waals surface area contributed by atoms with E-state index in [0.717, 1.165) is 24.5 Å². The van der Waals surface area contributed by atoms with Crippen molar-refractivity contribution in [2.24, 2.45) is 0 Å². The molecule has 0 radical (unpaired) electrons. The van der Waals surface area contributed by atoms with E-state index in [1.807, 2.05) is 26.0 Å². The zero-order chi connectivity index (χ0) is 14.5. The van der Waals surface area contributed by atoms with Gasteiger partial charge >= 0.3 is 0 Å². The largest absolute Gasteiger partial charge is 0.370 e. The van der Waals surface area contributed by atoms with Crippen molar-refractivity contribution in [1.82, 2.24) is 10.3 Å². The highest BCUT2D eigenvalue weighted by molar-refractivity contribution is 5.95. The third-order valence-corrected chi connectivity index (χ3v) is 2.75. The summed E-state index contributed by atoms with van der Waals surface area (Å²) in [6.07, 6.45) is 0.934. The van der Waals surface area contributed by atoms with Crippen LogP contribution in [0.3, 0.4) is 0 Å². The van der Waals surface area contributed by atoms with E-state index >= 15 is 0 Å². The lowest BCUT2D eigenvalue weighted by Crippen LogP contribution is -2.25. The summed E-state index contributed by atoms with van der Waals surface area (Å²) in [4.78, 5) is 16.6. The Morgan fingerprint density at radius 1 is 1.26 bits per heavy atom. The summed E-state index contributed by atoms with van der Waals surface area (Å²) in [5.41, 5.74) is 1.52. The predicted octanol–water partition coefficient (Wildman–Crippen LogP) is 2.95. The molecule has 0 aliphatic heterocycles. The lowest BCUT2D eigenvalue weighted by atomic mass is 9.90. The smallest absolute Gasteiger partial charge is 0.251 e. The number of nitrogens with one attached hydrogen (secondary N) is 2. The van der Waals surface area contributed by atoms with Gasteiger partial charge in [-0.25, -0.2) is 4.98 Å². The second-order valence-corrected chi connectivity index (χ2v) is 5.66. The summed E-state index contributed by atoms with van der Waals surface area (Å²) in [6.45, 7) is 11.8. The van der Waals surface area contributed by atoms with E-state index in [4.69, 9.17) is 0 Å². The van der Waals surface area contributed by atoms with E-state index in [9.17, 15) is 4.79 Å². The Hall–Kier alpha value is -1.58. The standard InChI is InChI=1S/C15H25N3O/c1-6-8-17-14(19)11-9-12(15(3,4)5)18-13(10-11)16-7-2/h9-10H,6-8H2,1-5H3,(H,16,18)(H,17,19). The number of nitrogens with zero attached hydrogens (tertiary/aromatic N) is 1. The number of carbonyl (C=O) groups is 1. The van der Waals surface area contributed by atoms with Crippen molar-refractivity contribution in [2.45, 2.75) is 46.5 Å². The molecule has 1 amide bonds. The molecule has 0 atom stereocenters. The van der Waals surface area contributed by atoms with E-state index in [-0.39, 0.29) is 11.3 Å². The Labute approximate surface area is 116 Å².